The Hall–Kier alpha value is -2.33. The fourth-order valence-electron chi connectivity index (χ4n) is 4.20. The van der Waals surface area contributed by atoms with Gasteiger partial charge in [-0.2, -0.15) is 0 Å². The van der Waals surface area contributed by atoms with E-state index in [0.29, 0.717) is 12.5 Å². The highest BCUT2D eigenvalue weighted by atomic mass is 35.5. The summed E-state index contributed by atoms with van der Waals surface area (Å²) in [6.45, 7) is 6.63. The van der Waals surface area contributed by atoms with E-state index in [-0.39, 0.29) is 23.7 Å². The van der Waals surface area contributed by atoms with Crippen LogP contribution in [0, 0.1) is 19.8 Å². The molecule has 1 saturated carbocycles. The number of carbonyl (C=O) groups excluding carboxylic acids is 2. The van der Waals surface area contributed by atoms with E-state index in [1.165, 1.54) is 0 Å². The highest BCUT2D eigenvalue weighted by Gasteiger charge is 2.33. The van der Waals surface area contributed by atoms with Crippen LogP contribution in [0.5, 0.6) is 0 Å². The molecule has 0 spiro atoms. The average Bonchev–Trinajstić information content (AvgIpc) is 2.77. The van der Waals surface area contributed by atoms with Crippen molar-refractivity contribution >= 4 is 23.4 Å². The van der Waals surface area contributed by atoms with Crippen LogP contribution in [-0.4, -0.2) is 28.6 Å². The van der Waals surface area contributed by atoms with Crippen molar-refractivity contribution in [1.82, 2.24) is 10.2 Å². The van der Waals surface area contributed by atoms with E-state index in [2.05, 4.69) is 12.2 Å². The lowest BCUT2D eigenvalue weighted by Gasteiger charge is -2.34. The summed E-state index contributed by atoms with van der Waals surface area (Å²) in [6, 6.07) is 15.3. The molecular weight excluding hydrogens is 408 g/mol. The number of halogens is 1. The third-order valence-corrected chi connectivity index (χ3v) is 6.45. The third kappa shape index (κ3) is 6.33. The fraction of sp³-hybridized carbons (Fsp3) is 0.462. The van der Waals surface area contributed by atoms with E-state index in [0.717, 1.165) is 47.9 Å². The van der Waals surface area contributed by atoms with E-state index in [1.807, 2.05) is 62.4 Å². The maximum absolute atomic E-state index is 13.5. The van der Waals surface area contributed by atoms with Gasteiger partial charge in [0.25, 0.3) is 0 Å². The minimum atomic E-state index is -0.715. The Morgan fingerprint density at radius 2 is 1.52 bits per heavy atom. The number of alkyl halides is 1. The van der Waals surface area contributed by atoms with Crippen LogP contribution in [-0.2, 0) is 16.1 Å². The highest BCUT2D eigenvalue weighted by molar-refractivity contribution is 6.27. The van der Waals surface area contributed by atoms with E-state index >= 15 is 0 Å². The summed E-state index contributed by atoms with van der Waals surface area (Å²) in [6.07, 6.45) is 4.20. The van der Waals surface area contributed by atoms with Crippen molar-refractivity contribution in [3.8, 4) is 0 Å². The Labute approximate surface area is 191 Å². The van der Waals surface area contributed by atoms with Gasteiger partial charge in [-0.05, 0) is 56.6 Å². The number of aryl methyl sites for hydroxylation is 2. The lowest BCUT2D eigenvalue weighted by atomic mass is 9.87. The lowest BCUT2D eigenvalue weighted by molar-refractivity contribution is -0.140. The van der Waals surface area contributed by atoms with Gasteiger partial charge < -0.3 is 10.2 Å². The lowest BCUT2D eigenvalue weighted by Crippen LogP contribution is -2.47. The number of hydrogen-bond donors (Lipinski definition) is 1. The largest absolute Gasteiger partial charge is 0.351 e. The monoisotopic (exact) mass is 440 g/mol. The molecule has 2 amide bonds. The molecule has 31 heavy (non-hydrogen) atoms. The SMILES string of the molecule is Cc1ccc(CN(C(=O)CCl)[C@@H](C(=O)NC2CCC(C)CC2)c2ccc(C)cc2)cc1. The second-order valence-corrected chi connectivity index (χ2v) is 9.19. The summed E-state index contributed by atoms with van der Waals surface area (Å²) in [5.74, 6) is 0.161. The van der Waals surface area contributed by atoms with Gasteiger partial charge in [0.2, 0.25) is 11.8 Å². The molecule has 1 atom stereocenters. The Morgan fingerprint density at radius 1 is 0.968 bits per heavy atom. The minimum Gasteiger partial charge on any atom is -0.351 e. The first-order chi connectivity index (χ1) is 14.9. The summed E-state index contributed by atoms with van der Waals surface area (Å²) in [5.41, 5.74) is 4.04. The summed E-state index contributed by atoms with van der Waals surface area (Å²) in [5, 5.41) is 3.23. The molecule has 0 unspecified atom stereocenters. The van der Waals surface area contributed by atoms with Crippen LogP contribution in [0.15, 0.2) is 48.5 Å². The van der Waals surface area contributed by atoms with Gasteiger partial charge in [0.05, 0.1) is 0 Å². The predicted octanol–water partition coefficient (Wildman–Crippen LogP) is 5.31. The first-order valence-corrected chi connectivity index (χ1v) is 11.7. The topological polar surface area (TPSA) is 49.4 Å². The number of benzene rings is 2. The van der Waals surface area contributed by atoms with Crippen molar-refractivity contribution in [2.45, 2.75) is 65.1 Å². The van der Waals surface area contributed by atoms with Gasteiger partial charge in [-0.15, -0.1) is 11.6 Å². The fourth-order valence-corrected chi connectivity index (χ4v) is 4.35. The summed E-state index contributed by atoms with van der Waals surface area (Å²) < 4.78 is 0. The van der Waals surface area contributed by atoms with Gasteiger partial charge in [0, 0.05) is 12.6 Å². The molecule has 0 bridgehead atoms. The summed E-state index contributed by atoms with van der Waals surface area (Å²) >= 11 is 5.98. The molecule has 4 nitrogen and oxygen atoms in total. The molecule has 1 aliphatic carbocycles. The van der Waals surface area contributed by atoms with Gasteiger partial charge in [0.1, 0.15) is 11.9 Å². The zero-order valence-electron chi connectivity index (χ0n) is 18.7. The quantitative estimate of drug-likeness (QED) is 0.593. The maximum atomic E-state index is 13.5. The normalized spacial score (nSPS) is 19.5. The zero-order chi connectivity index (χ0) is 22.4. The molecule has 0 aromatic heterocycles. The van der Waals surface area contributed by atoms with Crippen LogP contribution < -0.4 is 5.32 Å². The Morgan fingerprint density at radius 3 is 2.06 bits per heavy atom. The molecule has 2 aromatic rings. The van der Waals surface area contributed by atoms with Crippen LogP contribution in [0.1, 0.15) is 60.9 Å². The van der Waals surface area contributed by atoms with Gasteiger partial charge in [0.15, 0.2) is 0 Å². The van der Waals surface area contributed by atoms with Crippen molar-refractivity contribution in [2.75, 3.05) is 5.88 Å². The Balaban J connectivity index is 1.90. The van der Waals surface area contributed by atoms with Crippen molar-refractivity contribution in [3.05, 3.63) is 70.8 Å². The standard InChI is InChI=1S/C26H33ClN2O2/c1-18-4-10-21(11-5-18)17-29(24(30)16-27)25(22-12-6-19(2)7-13-22)26(31)28-23-14-8-20(3)9-15-23/h4-7,10-13,20,23,25H,8-9,14-17H2,1-3H3,(H,28,31)/t20?,23?,25-/m1/s1. The van der Waals surface area contributed by atoms with E-state index < -0.39 is 6.04 Å². The van der Waals surface area contributed by atoms with Crippen molar-refractivity contribution in [2.24, 2.45) is 5.92 Å². The van der Waals surface area contributed by atoms with Gasteiger partial charge in [-0.3, -0.25) is 9.59 Å². The molecular formula is C26H33ClN2O2. The summed E-state index contributed by atoms with van der Waals surface area (Å²) in [7, 11) is 0. The van der Waals surface area contributed by atoms with Crippen molar-refractivity contribution in [1.29, 1.82) is 0 Å². The Kier molecular flexibility index (Phi) is 8.14. The van der Waals surface area contributed by atoms with Crippen molar-refractivity contribution < 1.29 is 9.59 Å². The van der Waals surface area contributed by atoms with Crippen molar-refractivity contribution in [3.63, 3.8) is 0 Å². The molecule has 3 rings (SSSR count). The molecule has 0 heterocycles. The van der Waals surface area contributed by atoms with Gasteiger partial charge in [-0.25, -0.2) is 0 Å². The molecule has 0 radical (unpaired) electrons. The number of rotatable bonds is 7. The smallest absolute Gasteiger partial charge is 0.247 e. The van der Waals surface area contributed by atoms with Crippen LogP contribution >= 0.6 is 11.6 Å². The molecule has 166 valence electrons. The Bertz CT molecular complexity index is 871. The van der Waals surface area contributed by atoms with Gasteiger partial charge in [-0.1, -0.05) is 66.6 Å². The van der Waals surface area contributed by atoms with E-state index in [4.69, 9.17) is 11.6 Å². The van der Waals surface area contributed by atoms with E-state index in [9.17, 15) is 9.59 Å². The van der Waals surface area contributed by atoms with Crippen LogP contribution in [0.25, 0.3) is 0 Å². The molecule has 1 aliphatic rings. The summed E-state index contributed by atoms with van der Waals surface area (Å²) in [4.78, 5) is 28.1. The molecule has 5 heteroatoms. The first-order valence-electron chi connectivity index (χ1n) is 11.1. The second kappa shape index (κ2) is 10.8. The van der Waals surface area contributed by atoms with Crippen LogP contribution in [0.2, 0.25) is 0 Å². The molecule has 0 saturated heterocycles. The van der Waals surface area contributed by atoms with Crippen LogP contribution in [0.4, 0.5) is 0 Å². The zero-order valence-corrected chi connectivity index (χ0v) is 19.5. The molecule has 1 N–H and O–H groups in total. The maximum Gasteiger partial charge on any atom is 0.247 e. The molecule has 0 aliphatic heterocycles. The predicted molar refractivity (Wildman–Crippen MR) is 126 cm³/mol. The number of nitrogens with one attached hydrogen (secondary N) is 1. The number of nitrogens with zero attached hydrogens (tertiary/aromatic N) is 1. The highest BCUT2D eigenvalue weighted by Crippen LogP contribution is 2.28. The van der Waals surface area contributed by atoms with E-state index in [1.54, 1.807) is 4.90 Å². The second-order valence-electron chi connectivity index (χ2n) is 8.92. The van der Waals surface area contributed by atoms with Gasteiger partial charge >= 0.3 is 0 Å². The molecule has 1 fully saturated rings. The average molecular weight is 441 g/mol. The first kappa shape index (κ1) is 23.3. The number of hydrogen-bond acceptors (Lipinski definition) is 2. The number of carbonyl (C=O) groups is 2. The molecule has 2 aromatic carbocycles. The third-order valence-electron chi connectivity index (χ3n) is 6.22. The van der Waals surface area contributed by atoms with Crippen LogP contribution in [0.3, 0.4) is 0 Å². The number of amides is 2. The minimum absolute atomic E-state index is 0.131.